The number of nitrogens with zero attached hydrogens (tertiary/aromatic N) is 2. The Bertz CT molecular complexity index is 876. The molecule has 1 heterocycles. The summed E-state index contributed by atoms with van der Waals surface area (Å²) in [7, 11) is 0. The largest absolute Gasteiger partial charge is 0.327 e. The minimum absolute atomic E-state index is 0.0890. The second kappa shape index (κ2) is 6.67. The number of hydrogen-bond donors (Lipinski definition) is 2. The van der Waals surface area contributed by atoms with Crippen molar-refractivity contribution >= 4 is 40.2 Å². The Balaban J connectivity index is 2.16. The van der Waals surface area contributed by atoms with Crippen LogP contribution >= 0.6 is 28.6 Å². The topological polar surface area (TPSA) is 56.1 Å². The summed E-state index contributed by atoms with van der Waals surface area (Å²) in [6.07, 6.45) is -0.565. The third-order valence-corrected chi connectivity index (χ3v) is 4.52. The van der Waals surface area contributed by atoms with Crippen molar-refractivity contribution in [3.05, 3.63) is 75.0 Å². The molecule has 0 saturated heterocycles. The molecule has 0 radical (unpaired) electrons. The van der Waals surface area contributed by atoms with Crippen LogP contribution < -0.4 is 10.2 Å². The number of hydrogen-bond acceptors (Lipinski definition) is 4. The van der Waals surface area contributed by atoms with Crippen molar-refractivity contribution < 1.29 is 9.18 Å². The molecule has 4 nitrogen and oxygen atoms in total. The Kier molecular flexibility index (Phi) is 4.60. The Labute approximate surface area is 152 Å². The number of thiol groups is 1. The highest BCUT2D eigenvalue weighted by Crippen LogP contribution is 2.36. The third-order valence-electron chi connectivity index (χ3n) is 3.59. The van der Waals surface area contributed by atoms with Gasteiger partial charge < -0.3 is 10.2 Å². The molecule has 0 fully saturated rings. The van der Waals surface area contributed by atoms with Crippen LogP contribution in [-0.2, 0) is 4.79 Å². The molecule has 0 bridgehead atoms. The van der Waals surface area contributed by atoms with Crippen LogP contribution in [0.3, 0.4) is 0 Å². The van der Waals surface area contributed by atoms with Gasteiger partial charge in [0.15, 0.2) is 0 Å². The highest BCUT2D eigenvalue weighted by atomic mass is 79.9. The molecule has 2 aromatic carbocycles. The fourth-order valence-electron chi connectivity index (χ4n) is 2.49. The van der Waals surface area contributed by atoms with Crippen LogP contribution in [0.25, 0.3) is 0 Å². The molecule has 1 N–H and O–H groups in total. The second-order valence-electron chi connectivity index (χ2n) is 5.09. The summed E-state index contributed by atoms with van der Waals surface area (Å²) in [6, 6.07) is 15.1. The molecule has 0 spiro atoms. The van der Waals surface area contributed by atoms with Crippen molar-refractivity contribution in [1.29, 1.82) is 5.26 Å². The van der Waals surface area contributed by atoms with Crippen molar-refractivity contribution in [2.75, 3.05) is 4.90 Å². The zero-order valence-corrected chi connectivity index (χ0v) is 14.7. The van der Waals surface area contributed by atoms with Gasteiger partial charge in [-0.25, -0.2) is 4.39 Å². The van der Waals surface area contributed by atoms with Gasteiger partial charge in [-0.1, -0.05) is 28.1 Å². The van der Waals surface area contributed by atoms with Gasteiger partial charge in [0.2, 0.25) is 0 Å². The maximum atomic E-state index is 13.3. The number of anilines is 1. The average molecular weight is 404 g/mol. The molecule has 1 atom stereocenters. The SMILES string of the molecule is N#CC1=C(S)N(c2ccc(F)cc2)C(c2cccc(Br)c2)NC1=O. The molecule has 1 unspecified atom stereocenters. The highest BCUT2D eigenvalue weighted by molar-refractivity contribution is 9.10. The van der Waals surface area contributed by atoms with E-state index in [1.54, 1.807) is 17.0 Å². The summed E-state index contributed by atoms with van der Waals surface area (Å²) < 4.78 is 14.1. The van der Waals surface area contributed by atoms with E-state index in [2.05, 4.69) is 33.9 Å². The Hall–Kier alpha value is -2.30. The van der Waals surface area contributed by atoms with E-state index < -0.39 is 12.1 Å². The van der Waals surface area contributed by atoms with Crippen molar-refractivity contribution in [3.8, 4) is 6.07 Å². The number of rotatable bonds is 2. The van der Waals surface area contributed by atoms with Gasteiger partial charge in [0.05, 0.1) is 5.03 Å². The fraction of sp³-hybridized carbons (Fsp3) is 0.0588. The predicted molar refractivity (Wildman–Crippen MR) is 95.5 cm³/mol. The van der Waals surface area contributed by atoms with Crippen LogP contribution in [0.1, 0.15) is 11.7 Å². The Morgan fingerprint density at radius 3 is 2.58 bits per heavy atom. The third kappa shape index (κ3) is 3.03. The van der Waals surface area contributed by atoms with E-state index in [1.165, 1.54) is 12.1 Å². The molecular formula is C17H11BrFN3OS. The van der Waals surface area contributed by atoms with E-state index >= 15 is 0 Å². The lowest BCUT2D eigenvalue weighted by Gasteiger charge is -2.38. The first-order valence-electron chi connectivity index (χ1n) is 6.95. The Morgan fingerprint density at radius 1 is 1.25 bits per heavy atom. The summed E-state index contributed by atoms with van der Waals surface area (Å²) in [4.78, 5) is 13.9. The van der Waals surface area contributed by atoms with Gasteiger partial charge in [-0.05, 0) is 42.0 Å². The maximum absolute atomic E-state index is 13.3. The van der Waals surface area contributed by atoms with Crippen LogP contribution in [0, 0.1) is 17.1 Å². The normalized spacial score (nSPS) is 17.5. The molecule has 0 aromatic heterocycles. The average Bonchev–Trinajstić information content (AvgIpc) is 2.56. The lowest BCUT2D eigenvalue weighted by atomic mass is 10.1. The number of halogens is 2. The smallest absolute Gasteiger partial charge is 0.266 e. The van der Waals surface area contributed by atoms with Gasteiger partial charge in [0, 0.05) is 10.2 Å². The van der Waals surface area contributed by atoms with Crippen molar-refractivity contribution in [2.45, 2.75) is 6.17 Å². The zero-order valence-electron chi connectivity index (χ0n) is 12.2. The minimum Gasteiger partial charge on any atom is -0.327 e. The van der Waals surface area contributed by atoms with Crippen molar-refractivity contribution in [3.63, 3.8) is 0 Å². The standard InChI is InChI=1S/C17H11BrFN3OS/c18-11-3-1-2-10(8-11)15-21-16(23)14(9-20)17(24)22(15)13-6-4-12(19)5-7-13/h1-8,15,24H,(H,21,23). The van der Waals surface area contributed by atoms with Crippen LogP contribution in [0.4, 0.5) is 10.1 Å². The number of amides is 1. The monoisotopic (exact) mass is 403 g/mol. The summed E-state index contributed by atoms with van der Waals surface area (Å²) in [5.41, 5.74) is 1.32. The van der Waals surface area contributed by atoms with Crippen molar-refractivity contribution in [2.24, 2.45) is 0 Å². The number of benzene rings is 2. The predicted octanol–water partition coefficient (Wildman–Crippen LogP) is 3.89. The van der Waals surface area contributed by atoms with Crippen LogP contribution in [0.5, 0.6) is 0 Å². The van der Waals surface area contributed by atoms with Crippen LogP contribution in [0.15, 0.2) is 63.6 Å². The molecule has 24 heavy (non-hydrogen) atoms. The molecule has 7 heteroatoms. The molecule has 2 aromatic rings. The molecule has 1 aliphatic rings. The number of carbonyl (C=O) groups excluding carboxylic acids is 1. The molecule has 1 aliphatic heterocycles. The molecule has 0 aliphatic carbocycles. The lowest BCUT2D eigenvalue weighted by molar-refractivity contribution is -0.118. The first kappa shape index (κ1) is 16.6. The van der Waals surface area contributed by atoms with Gasteiger partial charge in [-0.3, -0.25) is 4.79 Å². The summed E-state index contributed by atoms with van der Waals surface area (Å²) in [5.74, 6) is -0.866. The van der Waals surface area contributed by atoms with Gasteiger partial charge in [-0.2, -0.15) is 5.26 Å². The molecule has 3 rings (SSSR count). The van der Waals surface area contributed by atoms with E-state index in [-0.39, 0.29) is 16.4 Å². The molecule has 120 valence electrons. The minimum atomic E-state index is -0.565. The van der Waals surface area contributed by atoms with Gasteiger partial charge in [0.1, 0.15) is 23.6 Å². The first-order chi connectivity index (χ1) is 11.5. The van der Waals surface area contributed by atoms with E-state index in [1.807, 2.05) is 30.3 Å². The van der Waals surface area contributed by atoms with Crippen LogP contribution in [-0.4, -0.2) is 5.91 Å². The van der Waals surface area contributed by atoms with Crippen LogP contribution in [0.2, 0.25) is 0 Å². The summed E-state index contributed by atoms with van der Waals surface area (Å²) in [6.45, 7) is 0. The lowest BCUT2D eigenvalue weighted by Crippen LogP contribution is -2.46. The van der Waals surface area contributed by atoms with E-state index in [9.17, 15) is 14.4 Å². The van der Waals surface area contributed by atoms with Gasteiger partial charge in [0.25, 0.3) is 5.91 Å². The van der Waals surface area contributed by atoms with Gasteiger partial charge >= 0.3 is 0 Å². The van der Waals surface area contributed by atoms with Crippen molar-refractivity contribution in [1.82, 2.24) is 5.32 Å². The van der Waals surface area contributed by atoms with Gasteiger partial charge in [-0.15, -0.1) is 12.6 Å². The summed E-state index contributed by atoms with van der Waals surface area (Å²) in [5, 5.41) is 12.2. The molecule has 1 amide bonds. The van der Waals surface area contributed by atoms with E-state index in [4.69, 9.17) is 0 Å². The summed E-state index contributed by atoms with van der Waals surface area (Å²) >= 11 is 7.79. The number of carbonyl (C=O) groups is 1. The van der Waals surface area contributed by atoms with E-state index in [0.717, 1.165) is 10.0 Å². The fourth-order valence-corrected chi connectivity index (χ4v) is 3.29. The van der Waals surface area contributed by atoms with E-state index in [0.29, 0.717) is 5.69 Å². The molecular weight excluding hydrogens is 393 g/mol. The quantitative estimate of drug-likeness (QED) is 0.747. The maximum Gasteiger partial charge on any atom is 0.266 e. The first-order valence-corrected chi connectivity index (χ1v) is 8.20. The Morgan fingerprint density at radius 2 is 1.96 bits per heavy atom. The zero-order chi connectivity index (χ0) is 17.3. The second-order valence-corrected chi connectivity index (χ2v) is 6.43. The highest BCUT2D eigenvalue weighted by Gasteiger charge is 2.33. The molecule has 0 saturated carbocycles. The number of nitriles is 1. The number of nitrogens with one attached hydrogen (secondary N) is 1.